The zero-order chi connectivity index (χ0) is 11.9. The molecule has 1 unspecified atom stereocenters. The molecule has 0 saturated carbocycles. The Morgan fingerprint density at radius 1 is 1.47 bits per heavy atom. The molecule has 0 spiro atoms. The molecule has 0 bridgehead atoms. The van der Waals surface area contributed by atoms with E-state index in [1.165, 1.54) is 6.26 Å². The molecule has 0 aromatic carbocycles. The van der Waals surface area contributed by atoms with Gasteiger partial charge < -0.3 is 10.1 Å². The summed E-state index contributed by atoms with van der Waals surface area (Å²) in [5.41, 5.74) is 0. The normalized spacial score (nSPS) is 13.3. The average molecular weight is 247 g/mol. The van der Waals surface area contributed by atoms with Crippen LogP contribution in [0.4, 0.5) is 18.0 Å². The number of alkyl halides is 3. The molecule has 90 valence electrons. The molecule has 0 aromatic heterocycles. The Morgan fingerprint density at radius 2 is 2.07 bits per heavy atom. The van der Waals surface area contributed by atoms with Gasteiger partial charge in [-0.1, -0.05) is 0 Å². The molecule has 0 heterocycles. The van der Waals surface area contributed by atoms with Crippen LogP contribution in [0.2, 0.25) is 0 Å². The maximum atomic E-state index is 11.6. The summed E-state index contributed by atoms with van der Waals surface area (Å²) >= 11 is 0. The number of carbonyl (C=O) groups excluding carboxylic acids is 1. The van der Waals surface area contributed by atoms with E-state index in [4.69, 9.17) is 0 Å². The summed E-state index contributed by atoms with van der Waals surface area (Å²) in [5, 5.41) is 2.11. The molecule has 0 fully saturated rings. The Morgan fingerprint density at radius 3 is 2.53 bits per heavy atom. The fourth-order valence-electron chi connectivity index (χ4n) is 0.664. The summed E-state index contributed by atoms with van der Waals surface area (Å²) in [4.78, 5) is 10.6. The summed E-state index contributed by atoms with van der Waals surface area (Å²) < 4.78 is 49.1. The maximum Gasteiger partial charge on any atom is 0.422 e. The first kappa shape index (κ1) is 14.2. The molecule has 1 atom stereocenters. The van der Waals surface area contributed by atoms with E-state index in [9.17, 15) is 22.2 Å². The van der Waals surface area contributed by atoms with Gasteiger partial charge in [-0.25, -0.2) is 4.79 Å². The van der Waals surface area contributed by atoms with Crippen molar-refractivity contribution in [3.8, 4) is 0 Å². The van der Waals surface area contributed by atoms with Gasteiger partial charge in [-0.3, -0.25) is 4.21 Å². The molecule has 0 rings (SSSR count). The number of ether oxygens (including phenoxy) is 1. The molecule has 4 nitrogen and oxygen atoms in total. The van der Waals surface area contributed by atoms with Gasteiger partial charge in [-0.15, -0.1) is 0 Å². The van der Waals surface area contributed by atoms with Crippen molar-refractivity contribution in [1.82, 2.24) is 5.32 Å². The first-order valence-corrected chi connectivity index (χ1v) is 5.81. The van der Waals surface area contributed by atoms with E-state index >= 15 is 0 Å². The molecule has 0 aliphatic carbocycles. The van der Waals surface area contributed by atoms with Crippen molar-refractivity contribution in [2.24, 2.45) is 0 Å². The predicted octanol–water partition coefficient (Wildman–Crippen LogP) is 1.04. The number of rotatable bonds is 5. The van der Waals surface area contributed by atoms with Gasteiger partial charge in [-0.05, 0) is 6.42 Å². The monoisotopic (exact) mass is 247 g/mol. The fraction of sp³-hybridized carbons (Fsp3) is 0.857. The summed E-state index contributed by atoms with van der Waals surface area (Å²) in [6, 6.07) is 0. The second kappa shape index (κ2) is 6.65. The van der Waals surface area contributed by atoms with Gasteiger partial charge in [0.2, 0.25) is 0 Å². The van der Waals surface area contributed by atoms with Gasteiger partial charge in [0.25, 0.3) is 0 Å². The Balaban J connectivity index is 3.46. The quantitative estimate of drug-likeness (QED) is 0.739. The number of hydrogen-bond acceptors (Lipinski definition) is 3. The predicted molar refractivity (Wildman–Crippen MR) is 49.0 cm³/mol. The molecule has 0 saturated heterocycles. The second-order valence-corrected chi connectivity index (χ2v) is 4.30. The van der Waals surface area contributed by atoms with Crippen LogP contribution in [0.1, 0.15) is 6.42 Å². The van der Waals surface area contributed by atoms with E-state index in [0.717, 1.165) is 0 Å². The van der Waals surface area contributed by atoms with Crippen molar-refractivity contribution in [3.05, 3.63) is 0 Å². The van der Waals surface area contributed by atoms with Crippen LogP contribution in [-0.4, -0.2) is 41.6 Å². The van der Waals surface area contributed by atoms with Crippen molar-refractivity contribution in [3.63, 3.8) is 0 Å². The number of halogens is 3. The molecule has 0 radical (unpaired) electrons. The summed E-state index contributed by atoms with van der Waals surface area (Å²) in [6.45, 7) is -1.45. The molecular formula is C7H12F3NO3S. The fourth-order valence-corrected chi connectivity index (χ4v) is 1.22. The first-order chi connectivity index (χ1) is 6.81. The van der Waals surface area contributed by atoms with Gasteiger partial charge in [0.1, 0.15) is 0 Å². The zero-order valence-electron chi connectivity index (χ0n) is 8.10. The van der Waals surface area contributed by atoms with Crippen LogP contribution in [0.15, 0.2) is 0 Å². The topological polar surface area (TPSA) is 55.4 Å². The number of alkyl carbamates (subject to hydrolysis) is 1. The van der Waals surface area contributed by atoms with Gasteiger partial charge in [-0.2, -0.15) is 13.2 Å². The molecule has 0 aromatic rings. The van der Waals surface area contributed by atoms with E-state index in [0.29, 0.717) is 12.2 Å². The SMILES string of the molecule is CS(=O)CCCNC(=O)OCC(F)(F)F. The van der Waals surface area contributed by atoms with Crippen LogP contribution < -0.4 is 5.32 Å². The smallest absolute Gasteiger partial charge is 0.422 e. The first-order valence-electron chi connectivity index (χ1n) is 4.08. The van der Waals surface area contributed by atoms with E-state index in [1.807, 2.05) is 0 Å². The molecule has 1 N–H and O–H groups in total. The van der Waals surface area contributed by atoms with E-state index in [2.05, 4.69) is 10.1 Å². The molecule has 8 heteroatoms. The van der Waals surface area contributed by atoms with Crippen LogP contribution in [0, 0.1) is 0 Å². The number of nitrogens with one attached hydrogen (secondary N) is 1. The lowest BCUT2D eigenvalue weighted by molar-refractivity contribution is -0.160. The third-order valence-corrected chi connectivity index (χ3v) is 2.11. The van der Waals surface area contributed by atoms with E-state index in [1.54, 1.807) is 0 Å². The highest BCUT2D eigenvalue weighted by Gasteiger charge is 2.29. The average Bonchev–Trinajstić information content (AvgIpc) is 2.07. The standard InChI is InChI=1S/C7H12F3NO3S/c1-15(13)4-2-3-11-6(12)14-5-7(8,9)10/h2-5H2,1H3,(H,11,12). The Hall–Kier alpha value is -0.790. The van der Waals surface area contributed by atoms with Crippen LogP contribution >= 0.6 is 0 Å². The van der Waals surface area contributed by atoms with Gasteiger partial charge in [0, 0.05) is 29.4 Å². The number of hydrogen-bond donors (Lipinski definition) is 1. The number of carbonyl (C=O) groups is 1. The lowest BCUT2D eigenvalue weighted by atomic mass is 10.5. The van der Waals surface area contributed by atoms with E-state index in [-0.39, 0.29) is 6.54 Å². The van der Waals surface area contributed by atoms with Crippen LogP contribution in [-0.2, 0) is 15.5 Å². The number of amides is 1. The minimum Gasteiger partial charge on any atom is -0.440 e. The van der Waals surface area contributed by atoms with Crippen molar-refractivity contribution < 1.29 is 26.9 Å². The Bertz CT molecular complexity index is 232. The molecule has 0 aliphatic rings. The molecule has 1 amide bonds. The summed E-state index contributed by atoms with van der Waals surface area (Å²) in [7, 11) is -0.970. The van der Waals surface area contributed by atoms with Crippen molar-refractivity contribution in [2.45, 2.75) is 12.6 Å². The van der Waals surface area contributed by atoms with Gasteiger partial charge in [0.15, 0.2) is 6.61 Å². The minimum atomic E-state index is -4.51. The maximum absolute atomic E-state index is 11.6. The highest BCUT2D eigenvalue weighted by atomic mass is 32.2. The minimum absolute atomic E-state index is 0.149. The van der Waals surface area contributed by atoms with Crippen molar-refractivity contribution in [1.29, 1.82) is 0 Å². The summed E-state index contributed by atoms with van der Waals surface area (Å²) in [5.74, 6) is 0.388. The van der Waals surface area contributed by atoms with Crippen LogP contribution in [0.5, 0.6) is 0 Å². The van der Waals surface area contributed by atoms with Crippen LogP contribution in [0.25, 0.3) is 0 Å². The lowest BCUT2D eigenvalue weighted by Crippen LogP contribution is -2.30. The highest BCUT2D eigenvalue weighted by molar-refractivity contribution is 7.84. The van der Waals surface area contributed by atoms with Gasteiger partial charge >= 0.3 is 12.3 Å². The van der Waals surface area contributed by atoms with Crippen molar-refractivity contribution in [2.75, 3.05) is 25.2 Å². The molecule has 0 aliphatic heterocycles. The third kappa shape index (κ3) is 11.1. The summed E-state index contributed by atoms with van der Waals surface area (Å²) in [6.07, 6.45) is -3.69. The highest BCUT2D eigenvalue weighted by Crippen LogP contribution is 2.14. The van der Waals surface area contributed by atoms with Crippen molar-refractivity contribution >= 4 is 16.9 Å². The molecule has 15 heavy (non-hydrogen) atoms. The zero-order valence-corrected chi connectivity index (χ0v) is 8.91. The lowest BCUT2D eigenvalue weighted by Gasteiger charge is -2.08. The van der Waals surface area contributed by atoms with Crippen LogP contribution in [0.3, 0.4) is 0 Å². The van der Waals surface area contributed by atoms with Gasteiger partial charge in [0.05, 0.1) is 0 Å². The second-order valence-electron chi connectivity index (χ2n) is 2.75. The van der Waals surface area contributed by atoms with E-state index < -0.39 is 29.7 Å². The Kier molecular flexibility index (Phi) is 6.30. The molecular weight excluding hydrogens is 235 g/mol. The largest absolute Gasteiger partial charge is 0.440 e. The Labute approximate surface area is 87.6 Å². The third-order valence-electron chi connectivity index (χ3n) is 1.24.